The van der Waals surface area contributed by atoms with E-state index in [1.54, 1.807) is 5.32 Å². The fourth-order valence-electron chi connectivity index (χ4n) is 3.06. The molecule has 3 unspecified atom stereocenters. The van der Waals surface area contributed by atoms with Crippen molar-refractivity contribution < 1.29 is 36.7 Å². The van der Waals surface area contributed by atoms with Crippen molar-refractivity contribution in [2.24, 2.45) is 5.92 Å². The predicted octanol–water partition coefficient (Wildman–Crippen LogP) is 0.471. The fourth-order valence-corrected chi connectivity index (χ4v) is 3.06. The van der Waals surface area contributed by atoms with Gasteiger partial charge in [0.05, 0.1) is 12.6 Å². The van der Waals surface area contributed by atoms with E-state index in [0.29, 0.717) is 6.29 Å². The number of nitrogens with one attached hydrogen (secondary N) is 2. The Hall–Kier alpha value is -3.49. The Balaban J connectivity index is 2.06. The lowest BCUT2D eigenvalue weighted by Crippen LogP contribution is -2.53. The number of carbonyl (C=O) groups is 4. The van der Waals surface area contributed by atoms with Crippen molar-refractivity contribution in [2.75, 3.05) is 13.1 Å². The summed E-state index contributed by atoms with van der Waals surface area (Å²) >= 11 is 0. The summed E-state index contributed by atoms with van der Waals surface area (Å²) in [6.07, 6.45) is -4.87. The standard InChI is InChI=1S/C19H18F4N4O4/c20-13-3-1-11(2-4-13)6-15(26-18(31)19(21,22)23)17(30)25-8-16(29)27-9-12(10-28)5-14(27)7-24/h1-4,10,12,14-15H,5-6,8-9H2,(H,25,30)(H,26,31). The number of likely N-dealkylation sites (tertiary alicyclic amines) is 1. The van der Waals surface area contributed by atoms with E-state index < -0.39 is 54.3 Å². The number of hydrogen-bond acceptors (Lipinski definition) is 5. The molecule has 166 valence electrons. The molecule has 1 aliphatic rings. The van der Waals surface area contributed by atoms with Gasteiger partial charge in [-0.15, -0.1) is 0 Å². The molecule has 1 fully saturated rings. The smallest absolute Gasteiger partial charge is 0.345 e. The maximum absolute atomic E-state index is 13.0. The van der Waals surface area contributed by atoms with Crippen LogP contribution < -0.4 is 10.6 Å². The van der Waals surface area contributed by atoms with Gasteiger partial charge in [-0.1, -0.05) is 12.1 Å². The summed E-state index contributed by atoms with van der Waals surface area (Å²) in [7, 11) is 0. The van der Waals surface area contributed by atoms with E-state index >= 15 is 0 Å². The summed E-state index contributed by atoms with van der Waals surface area (Å²) in [4.78, 5) is 48.0. The SMILES string of the molecule is N#CC1CC(C=O)CN1C(=O)CNC(=O)C(Cc1ccc(F)cc1)NC(=O)C(F)(F)F. The van der Waals surface area contributed by atoms with Crippen LogP contribution in [0.2, 0.25) is 0 Å². The van der Waals surface area contributed by atoms with Crippen molar-refractivity contribution in [3.8, 4) is 6.07 Å². The first-order valence-corrected chi connectivity index (χ1v) is 9.09. The summed E-state index contributed by atoms with van der Waals surface area (Å²) in [5.74, 6) is -5.25. The van der Waals surface area contributed by atoms with Gasteiger partial charge in [0.1, 0.15) is 24.2 Å². The number of aldehydes is 1. The Morgan fingerprint density at radius 1 is 1.26 bits per heavy atom. The molecule has 0 aliphatic carbocycles. The molecule has 1 heterocycles. The highest BCUT2D eigenvalue weighted by molar-refractivity contribution is 5.92. The summed E-state index contributed by atoms with van der Waals surface area (Å²) in [6.45, 7) is -0.662. The van der Waals surface area contributed by atoms with Gasteiger partial charge in [0.15, 0.2) is 0 Å². The van der Waals surface area contributed by atoms with Crippen LogP contribution >= 0.6 is 0 Å². The molecular formula is C19H18F4N4O4. The van der Waals surface area contributed by atoms with Gasteiger partial charge in [-0.3, -0.25) is 14.4 Å². The van der Waals surface area contributed by atoms with Crippen LogP contribution in [0, 0.1) is 23.1 Å². The molecule has 3 amide bonds. The molecule has 1 saturated heterocycles. The lowest BCUT2D eigenvalue weighted by Gasteiger charge is -2.22. The second-order valence-electron chi connectivity index (χ2n) is 6.90. The maximum Gasteiger partial charge on any atom is 0.471 e. The topological polar surface area (TPSA) is 119 Å². The maximum atomic E-state index is 13.0. The van der Waals surface area contributed by atoms with E-state index in [2.05, 4.69) is 5.32 Å². The molecule has 2 N–H and O–H groups in total. The van der Waals surface area contributed by atoms with Gasteiger partial charge in [-0.2, -0.15) is 18.4 Å². The van der Waals surface area contributed by atoms with Crippen LogP contribution in [0.5, 0.6) is 0 Å². The average Bonchev–Trinajstić information content (AvgIpc) is 3.15. The average molecular weight is 442 g/mol. The third-order valence-electron chi connectivity index (χ3n) is 4.64. The van der Waals surface area contributed by atoms with Crippen LogP contribution in [0.1, 0.15) is 12.0 Å². The zero-order valence-corrected chi connectivity index (χ0v) is 16.0. The summed E-state index contributed by atoms with van der Waals surface area (Å²) in [5.41, 5.74) is 0.272. The zero-order valence-electron chi connectivity index (χ0n) is 16.0. The van der Waals surface area contributed by atoms with Crippen LogP contribution in [-0.4, -0.2) is 60.3 Å². The number of alkyl halides is 3. The Labute approximate surface area is 174 Å². The zero-order chi connectivity index (χ0) is 23.2. The minimum atomic E-state index is -5.24. The third kappa shape index (κ3) is 6.50. The molecule has 8 nitrogen and oxygen atoms in total. The largest absolute Gasteiger partial charge is 0.471 e. The molecule has 3 atom stereocenters. The molecule has 1 aliphatic heterocycles. The number of hydrogen-bond donors (Lipinski definition) is 2. The van der Waals surface area contributed by atoms with Crippen LogP contribution in [0.4, 0.5) is 17.6 Å². The molecule has 1 aromatic carbocycles. The molecule has 0 radical (unpaired) electrons. The van der Waals surface area contributed by atoms with Crippen molar-refractivity contribution in [1.82, 2.24) is 15.5 Å². The first-order chi connectivity index (χ1) is 14.5. The van der Waals surface area contributed by atoms with Crippen molar-refractivity contribution in [3.05, 3.63) is 35.6 Å². The third-order valence-corrected chi connectivity index (χ3v) is 4.64. The van der Waals surface area contributed by atoms with Gasteiger partial charge in [0.2, 0.25) is 11.8 Å². The van der Waals surface area contributed by atoms with Gasteiger partial charge >= 0.3 is 12.1 Å². The highest BCUT2D eigenvalue weighted by Crippen LogP contribution is 2.21. The first-order valence-electron chi connectivity index (χ1n) is 9.09. The van der Waals surface area contributed by atoms with E-state index in [4.69, 9.17) is 5.26 Å². The number of halogens is 4. The molecule has 0 spiro atoms. The lowest BCUT2D eigenvalue weighted by atomic mass is 10.0. The van der Waals surface area contributed by atoms with Crippen LogP contribution in [0.25, 0.3) is 0 Å². The fraction of sp³-hybridized carbons (Fsp3) is 0.421. The number of carbonyl (C=O) groups excluding carboxylic acids is 4. The number of nitrogens with zero attached hydrogens (tertiary/aromatic N) is 2. The molecule has 2 rings (SSSR count). The second-order valence-corrected chi connectivity index (χ2v) is 6.90. The first kappa shape index (κ1) is 23.8. The second kappa shape index (κ2) is 10.0. The normalized spacial score (nSPS) is 19.3. The monoisotopic (exact) mass is 442 g/mol. The number of rotatable bonds is 7. The molecule has 31 heavy (non-hydrogen) atoms. The summed E-state index contributed by atoms with van der Waals surface area (Å²) in [6, 6.07) is 3.87. The lowest BCUT2D eigenvalue weighted by molar-refractivity contribution is -0.174. The van der Waals surface area contributed by atoms with Gasteiger partial charge < -0.3 is 20.3 Å². The van der Waals surface area contributed by atoms with E-state index in [0.717, 1.165) is 17.0 Å². The number of nitriles is 1. The van der Waals surface area contributed by atoms with Gasteiger partial charge in [-0.25, -0.2) is 4.39 Å². The summed E-state index contributed by atoms with van der Waals surface area (Å²) in [5, 5.41) is 12.8. The minimum absolute atomic E-state index is 0.0136. The van der Waals surface area contributed by atoms with E-state index in [-0.39, 0.29) is 24.9 Å². The Morgan fingerprint density at radius 2 is 1.90 bits per heavy atom. The molecular weight excluding hydrogens is 424 g/mol. The van der Waals surface area contributed by atoms with Crippen molar-refractivity contribution in [1.29, 1.82) is 5.26 Å². The van der Waals surface area contributed by atoms with Gasteiger partial charge in [0, 0.05) is 18.9 Å². The molecule has 12 heteroatoms. The van der Waals surface area contributed by atoms with Crippen molar-refractivity contribution in [2.45, 2.75) is 31.1 Å². The number of amides is 3. The highest BCUT2D eigenvalue weighted by Gasteiger charge is 2.41. The van der Waals surface area contributed by atoms with Crippen LogP contribution in [-0.2, 0) is 25.6 Å². The predicted molar refractivity (Wildman–Crippen MR) is 96.4 cm³/mol. The van der Waals surface area contributed by atoms with Crippen LogP contribution in [0.15, 0.2) is 24.3 Å². The molecule has 0 bridgehead atoms. The van der Waals surface area contributed by atoms with Crippen molar-refractivity contribution in [3.63, 3.8) is 0 Å². The Bertz CT molecular complexity index is 882. The van der Waals surface area contributed by atoms with E-state index in [1.807, 2.05) is 6.07 Å². The van der Waals surface area contributed by atoms with E-state index in [9.17, 15) is 36.7 Å². The van der Waals surface area contributed by atoms with Crippen molar-refractivity contribution >= 4 is 24.0 Å². The summed E-state index contributed by atoms with van der Waals surface area (Å²) < 4.78 is 50.9. The molecule has 0 saturated carbocycles. The quantitative estimate of drug-likeness (QED) is 0.470. The van der Waals surface area contributed by atoms with Gasteiger partial charge in [0.25, 0.3) is 0 Å². The Morgan fingerprint density at radius 3 is 2.45 bits per heavy atom. The molecule has 0 aromatic heterocycles. The van der Waals surface area contributed by atoms with Crippen LogP contribution in [0.3, 0.4) is 0 Å². The van der Waals surface area contributed by atoms with Gasteiger partial charge in [-0.05, 0) is 24.1 Å². The minimum Gasteiger partial charge on any atom is -0.345 e. The number of benzene rings is 1. The Kier molecular flexibility index (Phi) is 7.68. The molecule has 1 aromatic rings. The highest BCUT2D eigenvalue weighted by atomic mass is 19.4. The van der Waals surface area contributed by atoms with E-state index in [1.165, 1.54) is 12.1 Å².